The minimum Gasteiger partial charge on any atom is -0.469 e. The van der Waals surface area contributed by atoms with E-state index in [0.29, 0.717) is 18.9 Å². The predicted molar refractivity (Wildman–Crippen MR) is 97.0 cm³/mol. The van der Waals surface area contributed by atoms with E-state index in [0.717, 1.165) is 50.4 Å². The van der Waals surface area contributed by atoms with Crippen LogP contribution in [0.5, 0.6) is 0 Å². The van der Waals surface area contributed by atoms with Gasteiger partial charge in [-0.2, -0.15) is 0 Å². The van der Waals surface area contributed by atoms with Crippen LogP contribution in [0.1, 0.15) is 37.1 Å². The molecule has 2 aromatic heterocycles. The monoisotopic (exact) mass is 341 g/mol. The molecule has 1 atom stereocenters. The number of pyridine rings is 1. The average molecular weight is 341 g/mol. The molecular weight excluding hydrogens is 314 g/mol. The van der Waals surface area contributed by atoms with Crippen molar-refractivity contribution < 1.29 is 9.21 Å². The SMILES string of the molecule is CN(Cc1ccccn1)C1CCCN(C(=O)CCc2ccco2)CC1. The lowest BCUT2D eigenvalue weighted by atomic mass is 10.1. The van der Waals surface area contributed by atoms with Gasteiger partial charge in [0, 0.05) is 44.7 Å². The molecule has 1 unspecified atom stereocenters. The zero-order valence-electron chi connectivity index (χ0n) is 14.9. The first-order valence-electron chi connectivity index (χ1n) is 9.12. The lowest BCUT2D eigenvalue weighted by Gasteiger charge is -2.27. The van der Waals surface area contributed by atoms with Crippen molar-refractivity contribution in [2.45, 2.75) is 44.7 Å². The fourth-order valence-corrected chi connectivity index (χ4v) is 3.49. The average Bonchev–Trinajstić information content (AvgIpc) is 3.02. The summed E-state index contributed by atoms with van der Waals surface area (Å²) < 4.78 is 5.32. The Kier molecular flexibility index (Phi) is 6.23. The Labute approximate surface area is 149 Å². The van der Waals surface area contributed by atoms with Gasteiger partial charge in [0.2, 0.25) is 5.91 Å². The molecule has 0 spiro atoms. The number of hydrogen-bond donors (Lipinski definition) is 0. The fraction of sp³-hybridized carbons (Fsp3) is 0.500. The lowest BCUT2D eigenvalue weighted by molar-refractivity contribution is -0.131. The van der Waals surface area contributed by atoms with Gasteiger partial charge >= 0.3 is 0 Å². The first kappa shape index (κ1) is 17.7. The molecule has 0 aliphatic carbocycles. The molecule has 3 heterocycles. The van der Waals surface area contributed by atoms with Crippen molar-refractivity contribution >= 4 is 5.91 Å². The summed E-state index contributed by atoms with van der Waals surface area (Å²) in [6, 6.07) is 10.3. The molecule has 0 radical (unpaired) electrons. The van der Waals surface area contributed by atoms with Crippen molar-refractivity contribution in [1.29, 1.82) is 0 Å². The third kappa shape index (κ3) is 5.16. The molecule has 0 aromatic carbocycles. The van der Waals surface area contributed by atoms with Crippen molar-refractivity contribution in [1.82, 2.24) is 14.8 Å². The van der Waals surface area contributed by atoms with Gasteiger partial charge in [-0.1, -0.05) is 6.07 Å². The van der Waals surface area contributed by atoms with Crippen molar-refractivity contribution in [3.8, 4) is 0 Å². The van der Waals surface area contributed by atoms with E-state index in [1.54, 1.807) is 6.26 Å². The molecule has 5 heteroatoms. The highest BCUT2D eigenvalue weighted by Gasteiger charge is 2.23. The highest BCUT2D eigenvalue weighted by atomic mass is 16.3. The quantitative estimate of drug-likeness (QED) is 0.810. The smallest absolute Gasteiger partial charge is 0.223 e. The molecule has 1 saturated heterocycles. The number of rotatable bonds is 6. The Hall–Kier alpha value is -2.14. The second kappa shape index (κ2) is 8.81. The molecule has 2 aromatic rings. The van der Waals surface area contributed by atoms with Crippen molar-refractivity contribution in [2.75, 3.05) is 20.1 Å². The molecule has 25 heavy (non-hydrogen) atoms. The first-order valence-corrected chi connectivity index (χ1v) is 9.12. The molecular formula is C20H27N3O2. The van der Waals surface area contributed by atoms with Gasteiger partial charge in [0.15, 0.2) is 0 Å². The van der Waals surface area contributed by atoms with Crippen molar-refractivity contribution in [2.24, 2.45) is 0 Å². The van der Waals surface area contributed by atoms with Crippen LogP contribution in [0.4, 0.5) is 0 Å². The number of nitrogens with zero attached hydrogens (tertiary/aromatic N) is 3. The molecule has 0 saturated carbocycles. The third-order valence-electron chi connectivity index (χ3n) is 4.98. The van der Waals surface area contributed by atoms with Gasteiger partial charge < -0.3 is 9.32 Å². The van der Waals surface area contributed by atoms with Gasteiger partial charge in [-0.3, -0.25) is 14.7 Å². The summed E-state index contributed by atoms with van der Waals surface area (Å²) in [5, 5.41) is 0. The van der Waals surface area contributed by atoms with Crippen LogP contribution >= 0.6 is 0 Å². The van der Waals surface area contributed by atoms with Gasteiger partial charge in [-0.05, 0) is 50.6 Å². The summed E-state index contributed by atoms with van der Waals surface area (Å²) in [6.45, 7) is 2.57. The number of aryl methyl sites for hydroxylation is 1. The molecule has 0 bridgehead atoms. The molecule has 1 aliphatic rings. The van der Waals surface area contributed by atoms with Crippen LogP contribution in [0.15, 0.2) is 47.2 Å². The molecule has 134 valence electrons. The second-order valence-electron chi connectivity index (χ2n) is 6.78. The van der Waals surface area contributed by atoms with E-state index in [2.05, 4.69) is 23.0 Å². The third-order valence-corrected chi connectivity index (χ3v) is 4.98. The van der Waals surface area contributed by atoms with Crippen LogP contribution < -0.4 is 0 Å². The largest absolute Gasteiger partial charge is 0.469 e. The summed E-state index contributed by atoms with van der Waals surface area (Å²) in [6.07, 6.45) is 7.93. The van der Waals surface area contributed by atoms with E-state index in [1.807, 2.05) is 35.4 Å². The number of likely N-dealkylation sites (tertiary alicyclic amines) is 1. The number of furan rings is 1. The Morgan fingerprint density at radius 3 is 2.96 bits per heavy atom. The van der Waals surface area contributed by atoms with Gasteiger partial charge in [0.05, 0.1) is 12.0 Å². The standard InChI is InChI=1S/C20H27N3O2/c1-22(16-17-6-2-3-12-21-17)18-7-4-13-23(14-11-18)20(24)10-9-19-8-5-15-25-19/h2-3,5-6,8,12,15,18H,4,7,9-11,13-14,16H2,1H3. The van der Waals surface area contributed by atoms with Gasteiger partial charge in [-0.25, -0.2) is 0 Å². The highest BCUT2D eigenvalue weighted by molar-refractivity contribution is 5.76. The van der Waals surface area contributed by atoms with E-state index in [-0.39, 0.29) is 5.91 Å². The van der Waals surface area contributed by atoms with Gasteiger partial charge in [-0.15, -0.1) is 0 Å². The number of amides is 1. The van der Waals surface area contributed by atoms with E-state index in [1.165, 1.54) is 0 Å². The van der Waals surface area contributed by atoms with E-state index in [4.69, 9.17) is 4.42 Å². The predicted octanol–water partition coefficient (Wildman–Crippen LogP) is 3.12. The van der Waals surface area contributed by atoms with E-state index < -0.39 is 0 Å². The summed E-state index contributed by atoms with van der Waals surface area (Å²) >= 11 is 0. The minimum absolute atomic E-state index is 0.240. The first-order chi connectivity index (χ1) is 12.2. The van der Waals surface area contributed by atoms with Crippen LogP contribution in [-0.4, -0.2) is 46.9 Å². The van der Waals surface area contributed by atoms with E-state index >= 15 is 0 Å². The molecule has 1 amide bonds. The van der Waals surface area contributed by atoms with Gasteiger partial charge in [0.1, 0.15) is 5.76 Å². The molecule has 1 fully saturated rings. The number of aromatic nitrogens is 1. The van der Waals surface area contributed by atoms with Gasteiger partial charge in [0.25, 0.3) is 0 Å². The zero-order chi connectivity index (χ0) is 17.5. The maximum Gasteiger partial charge on any atom is 0.223 e. The van der Waals surface area contributed by atoms with Crippen LogP contribution in [0.2, 0.25) is 0 Å². The lowest BCUT2D eigenvalue weighted by Crippen LogP contribution is -2.35. The Morgan fingerprint density at radius 2 is 2.20 bits per heavy atom. The van der Waals surface area contributed by atoms with Crippen molar-refractivity contribution in [3.63, 3.8) is 0 Å². The second-order valence-corrected chi connectivity index (χ2v) is 6.78. The topological polar surface area (TPSA) is 49.6 Å². The van der Waals surface area contributed by atoms with Crippen LogP contribution in [0.3, 0.4) is 0 Å². The summed E-state index contributed by atoms with van der Waals surface area (Å²) in [4.78, 5) is 21.3. The summed E-state index contributed by atoms with van der Waals surface area (Å²) in [7, 11) is 2.16. The Balaban J connectivity index is 1.47. The number of carbonyl (C=O) groups is 1. The maximum absolute atomic E-state index is 12.5. The van der Waals surface area contributed by atoms with E-state index in [9.17, 15) is 4.79 Å². The summed E-state index contributed by atoms with van der Waals surface area (Å²) in [5.41, 5.74) is 1.10. The minimum atomic E-state index is 0.240. The Bertz CT molecular complexity index is 642. The molecule has 5 nitrogen and oxygen atoms in total. The Morgan fingerprint density at radius 1 is 1.28 bits per heavy atom. The van der Waals surface area contributed by atoms with Crippen LogP contribution in [-0.2, 0) is 17.8 Å². The maximum atomic E-state index is 12.5. The molecule has 3 rings (SSSR count). The van der Waals surface area contributed by atoms with Crippen LogP contribution in [0.25, 0.3) is 0 Å². The number of carbonyl (C=O) groups excluding carboxylic acids is 1. The zero-order valence-corrected chi connectivity index (χ0v) is 14.9. The highest BCUT2D eigenvalue weighted by Crippen LogP contribution is 2.18. The summed E-state index contributed by atoms with van der Waals surface area (Å²) in [5.74, 6) is 1.13. The normalized spacial score (nSPS) is 18.3. The van der Waals surface area contributed by atoms with Crippen molar-refractivity contribution in [3.05, 3.63) is 54.2 Å². The fourth-order valence-electron chi connectivity index (χ4n) is 3.49. The molecule has 0 N–H and O–H groups in total. The number of hydrogen-bond acceptors (Lipinski definition) is 4. The molecule has 1 aliphatic heterocycles. The van der Waals surface area contributed by atoms with Crippen LogP contribution in [0, 0.1) is 0 Å².